The quantitative estimate of drug-likeness (QED) is 0.169. The molecule has 4 rings (SSSR count). The van der Waals surface area contributed by atoms with E-state index in [1.165, 1.54) is 6.07 Å². The Balaban J connectivity index is 1.72. The molecule has 1 aromatic carbocycles. The van der Waals surface area contributed by atoms with E-state index >= 15 is 0 Å². The number of benzene rings is 1. The highest BCUT2D eigenvalue weighted by Crippen LogP contribution is 2.34. The molecule has 3 aromatic heterocycles. The lowest BCUT2D eigenvalue weighted by molar-refractivity contribution is 0.403. The first-order valence-electron chi connectivity index (χ1n) is 14.0. The fraction of sp³-hybridized carbons (Fsp3) is 0.222. The molecule has 3 N–H and O–H groups in total. The van der Waals surface area contributed by atoms with Crippen molar-refractivity contribution in [3.05, 3.63) is 132 Å². The van der Waals surface area contributed by atoms with E-state index in [2.05, 4.69) is 78.1 Å². The standard InChI is InChI=1S/C36H40FN5/c1-10-13-30(26-14-22(4)15-28(37)16-26)31-19-33(40-24(31)6)34-32-18-27(21-38-35(32)42-41-34)25(11-2)17-29(12-3)39-23(5)20-36(7,8)9/h10-19,21,39-40H,1,3,5,20H2,2,4,6-9H3,(H,38,41,42)/b25-11+,29-17+,30-13-. The molecule has 0 aliphatic rings. The summed E-state index contributed by atoms with van der Waals surface area (Å²) in [6, 6.07) is 9.19. The number of nitrogens with zero attached hydrogens (tertiary/aromatic N) is 2. The first-order valence-corrected chi connectivity index (χ1v) is 14.0. The Kier molecular flexibility index (Phi) is 8.96. The van der Waals surface area contributed by atoms with Crippen molar-refractivity contribution < 1.29 is 4.39 Å². The maximum absolute atomic E-state index is 14.3. The smallest absolute Gasteiger partial charge is 0.181 e. The van der Waals surface area contributed by atoms with Crippen LogP contribution in [0.1, 0.15) is 62.1 Å². The second-order valence-corrected chi connectivity index (χ2v) is 11.8. The van der Waals surface area contributed by atoms with Crippen LogP contribution in [0.5, 0.6) is 0 Å². The topological polar surface area (TPSA) is 69.4 Å². The number of H-pyrrole nitrogens is 2. The minimum atomic E-state index is -0.270. The van der Waals surface area contributed by atoms with Crippen molar-refractivity contribution in [3.8, 4) is 11.4 Å². The fourth-order valence-electron chi connectivity index (χ4n) is 5.12. The summed E-state index contributed by atoms with van der Waals surface area (Å²) in [5, 5.41) is 11.9. The number of aryl methyl sites for hydroxylation is 2. The van der Waals surface area contributed by atoms with Crippen molar-refractivity contribution in [1.82, 2.24) is 25.5 Å². The van der Waals surface area contributed by atoms with Gasteiger partial charge < -0.3 is 10.3 Å². The molecular formula is C36H40FN5. The molecule has 4 aromatic rings. The Morgan fingerprint density at radius 3 is 2.48 bits per heavy atom. The van der Waals surface area contributed by atoms with Crippen molar-refractivity contribution in [2.45, 2.75) is 48.0 Å². The Bertz CT molecular complexity index is 1730. The molecule has 0 spiro atoms. The highest BCUT2D eigenvalue weighted by atomic mass is 19.1. The maximum atomic E-state index is 14.3. The van der Waals surface area contributed by atoms with Crippen LogP contribution in [0, 0.1) is 25.1 Å². The molecule has 0 atom stereocenters. The van der Waals surface area contributed by atoms with E-state index in [0.717, 1.165) is 73.7 Å². The number of allylic oxidation sites excluding steroid dienone is 7. The number of hydrogen-bond acceptors (Lipinski definition) is 3. The number of aromatic nitrogens is 4. The van der Waals surface area contributed by atoms with Gasteiger partial charge in [0.1, 0.15) is 5.82 Å². The second kappa shape index (κ2) is 12.4. The van der Waals surface area contributed by atoms with Crippen molar-refractivity contribution in [1.29, 1.82) is 0 Å². The monoisotopic (exact) mass is 561 g/mol. The van der Waals surface area contributed by atoms with Crippen LogP contribution in [-0.2, 0) is 0 Å². The van der Waals surface area contributed by atoms with Gasteiger partial charge in [-0.15, -0.1) is 0 Å². The number of nitrogens with one attached hydrogen (secondary N) is 3. The SMILES string of the molecule is C=C/C=C(/c1cc(C)cc(F)c1)c1cc(-c2[nH]nc3ncc(C(/C=C(\C=C)NC(=C)CC(C)(C)C)=C/C)cc23)[nH]c1C. The Hall–Kier alpha value is -4.71. The third-order valence-electron chi connectivity index (χ3n) is 6.86. The zero-order valence-electron chi connectivity index (χ0n) is 25.5. The van der Waals surface area contributed by atoms with Crippen molar-refractivity contribution in [2.24, 2.45) is 5.41 Å². The number of fused-ring (bicyclic) bond motifs is 1. The van der Waals surface area contributed by atoms with Gasteiger partial charge in [-0.05, 0) is 91.3 Å². The lowest BCUT2D eigenvalue weighted by atomic mass is 9.91. The van der Waals surface area contributed by atoms with Gasteiger partial charge in [-0.25, -0.2) is 9.37 Å². The molecule has 0 unspecified atom stereocenters. The van der Waals surface area contributed by atoms with Crippen molar-refractivity contribution in [2.75, 3.05) is 0 Å². The van der Waals surface area contributed by atoms with Crippen LogP contribution in [0.3, 0.4) is 0 Å². The summed E-state index contributed by atoms with van der Waals surface area (Å²) in [5.74, 6) is -0.270. The predicted octanol–water partition coefficient (Wildman–Crippen LogP) is 9.34. The molecule has 216 valence electrons. The number of hydrogen-bond donors (Lipinski definition) is 3. The number of aromatic amines is 2. The molecule has 0 aliphatic heterocycles. The van der Waals surface area contributed by atoms with Gasteiger partial charge in [-0.1, -0.05) is 64.8 Å². The Labute approximate surface area is 248 Å². The summed E-state index contributed by atoms with van der Waals surface area (Å²) in [6.45, 7) is 24.5. The zero-order valence-corrected chi connectivity index (χ0v) is 25.5. The summed E-state index contributed by atoms with van der Waals surface area (Å²) in [5.41, 5.74) is 10.6. The van der Waals surface area contributed by atoms with Crippen molar-refractivity contribution >= 4 is 22.2 Å². The summed E-state index contributed by atoms with van der Waals surface area (Å²) in [4.78, 5) is 8.14. The van der Waals surface area contributed by atoms with E-state index in [0.29, 0.717) is 5.65 Å². The zero-order chi connectivity index (χ0) is 30.6. The molecule has 0 fully saturated rings. The third-order valence-corrected chi connectivity index (χ3v) is 6.86. The highest BCUT2D eigenvalue weighted by Gasteiger charge is 2.18. The normalized spacial score (nSPS) is 13.0. The molecule has 3 heterocycles. The van der Waals surface area contributed by atoms with E-state index in [1.54, 1.807) is 18.2 Å². The summed E-state index contributed by atoms with van der Waals surface area (Å²) < 4.78 is 14.3. The van der Waals surface area contributed by atoms with Crippen LogP contribution in [0.4, 0.5) is 4.39 Å². The molecule has 42 heavy (non-hydrogen) atoms. The second-order valence-electron chi connectivity index (χ2n) is 11.8. The molecule has 5 nitrogen and oxygen atoms in total. The summed E-state index contributed by atoms with van der Waals surface area (Å²) >= 11 is 0. The van der Waals surface area contributed by atoms with Gasteiger partial charge in [0.15, 0.2) is 5.65 Å². The first kappa shape index (κ1) is 30.3. The van der Waals surface area contributed by atoms with E-state index in [-0.39, 0.29) is 11.2 Å². The maximum Gasteiger partial charge on any atom is 0.181 e. The highest BCUT2D eigenvalue weighted by molar-refractivity contribution is 5.94. The van der Waals surface area contributed by atoms with Gasteiger partial charge in [0.25, 0.3) is 0 Å². The number of halogens is 1. The lowest BCUT2D eigenvalue weighted by Gasteiger charge is -2.21. The van der Waals surface area contributed by atoms with Gasteiger partial charge in [0, 0.05) is 39.8 Å². The van der Waals surface area contributed by atoms with Crippen LogP contribution in [-0.4, -0.2) is 20.2 Å². The minimum absolute atomic E-state index is 0.126. The van der Waals surface area contributed by atoms with E-state index < -0.39 is 0 Å². The van der Waals surface area contributed by atoms with Crippen LogP contribution < -0.4 is 5.32 Å². The molecule has 0 saturated carbocycles. The fourth-order valence-corrected chi connectivity index (χ4v) is 5.12. The van der Waals surface area contributed by atoms with Crippen LogP contribution in [0.2, 0.25) is 0 Å². The van der Waals surface area contributed by atoms with Gasteiger partial charge in [0.2, 0.25) is 0 Å². The summed E-state index contributed by atoms with van der Waals surface area (Å²) in [6.07, 6.45) is 12.2. The average Bonchev–Trinajstić information content (AvgIpc) is 3.50. The molecular weight excluding hydrogens is 521 g/mol. The van der Waals surface area contributed by atoms with E-state index in [9.17, 15) is 4.39 Å². The molecule has 0 saturated heterocycles. The largest absolute Gasteiger partial charge is 0.359 e. The van der Waals surface area contributed by atoms with Crippen molar-refractivity contribution in [3.63, 3.8) is 0 Å². The Morgan fingerprint density at radius 1 is 1.07 bits per heavy atom. The van der Waals surface area contributed by atoms with Crippen LogP contribution >= 0.6 is 0 Å². The molecule has 6 heteroatoms. The van der Waals surface area contributed by atoms with E-state index in [1.807, 2.05) is 51.3 Å². The first-order chi connectivity index (χ1) is 19.9. The van der Waals surface area contributed by atoms with Gasteiger partial charge >= 0.3 is 0 Å². The van der Waals surface area contributed by atoms with E-state index in [4.69, 9.17) is 0 Å². The van der Waals surface area contributed by atoms with Gasteiger partial charge in [-0.2, -0.15) is 5.10 Å². The van der Waals surface area contributed by atoms with Crippen LogP contribution in [0.15, 0.2) is 98.0 Å². The number of rotatable bonds is 10. The molecule has 0 aliphatic carbocycles. The molecule has 0 bridgehead atoms. The predicted molar refractivity (Wildman–Crippen MR) is 175 cm³/mol. The van der Waals surface area contributed by atoms with Gasteiger partial charge in [0.05, 0.1) is 11.4 Å². The minimum Gasteiger partial charge on any atom is -0.359 e. The molecule has 0 radical (unpaired) electrons. The number of pyridine rings is 1. The summed E-state index contributed by atoms with van der Waals surface area (Å²) in [7, 11) is 0. The van der Waals surface area contributed by atoms with Gasteiger partial charge in [-0.3, -0.25) is 5.10 Å². The molecule has 0 amide bonds. The lowest BCUT2D eigenvalue weighted by Crippen LogP contribution is -2.16. The average molecular weight is 562 g/mol. The third kappa shape index (κ3) is 6.95. The Morgan fingerprint density at radius 2 is 1.83 bits per heavy atom. The van der Waals surface area contributed by atoms with Crippen LogP contribution in [0.25, 0.3) is 33.6 Å².